The fraction of sp³-hybridized carbons (Fsp3) is 0.0588. The van der Waals surface area contributed by atoms with E-state index in [2.05, 4.69) is 25.4 Å². The summed E-state index contributed by atoms with van der Waals surface area (Å²) in [6.45, 7) is 0. The van der Waals surface area contributed by atoms with Gasteiger partial charge in [-0.15, -0.1) is 5.10 Å². The lowest BCUT2D eigenvalue weighted by Gasteiger charge is -2.10. The summed E-state index contributed by atoms with van der Waals surface area (Å²) in [4.78, 5) is 12.4. The topological polar surface area (TPSA) is 77.2 Å². The van der Waals surface area contributed by atoms with Crippen molar-refractivity contribution in [3.05, 3.63) is 60.8 Å². The van der Waals surface area contributed by atoms with Gasteiger partial charge in [0.05, 0.1) is 7.11 Å². The molecule has 0 saturated heterocycles. The van der Waals surface area contributed by atoms with E-state index in [1.54, 1.807) is 36.0 Å². The van der Waals surface area contributed by atoms with Crippen LogP contribution in [0.3, 0.4) is 0 Å². The zero-order valence-electron chi connectivity index (χ0n) is 13.2. The molecule has 0 aromatic carbocycles. The summed E-state index contributed by atoms with van der Waals surface area (Å²) < 4.78 is 20.2. The molecule has 8 heteroatoms. The molecular weight excluding hydrogens is 323 g/mol. The number of halogens is 1. The van der Waals surface area contributed by atoms with Crippen LogP contribution in [0.4, 0.5) is 15.9 Å². The van der Waals surface area contributed by atoms with Gasteiger partial charge in [-0.05, 0) is 24.3 Å². The van der Waals surface area contributed by atoms with E-state index in [0.29, 0.717) is 28.9 Å². The van der Waals surface area contributed by atoms with Crippen LogP contribution in [0.15, 0.2) is 54.9 Å². The zero-order chi connectivity index (χ0) is 17.2. The van der Waals surface area contributed by atoms with Crippen molar-refractivity contribution in [3.63, 3.8) is 0 Å². The maximum atomic E-state index is 13.3. The highest BCUT2D eigenvalue weighted by molar-refractivity contribution is 5.74. The van der Waals surface area contributed by atoms with E-state index in [1.807, 2.05) is 18.2 Å². The highest BCUT2D eigenvalue weighted by Gasteiger charge is 2.12. The van der Waals surface area contributed by atoms with Gasteiger partial charge in [-0.25, -0.2) is 19.5 Å². The molecule has 4 aromatic heterocycles. The molecule has 4 heterocycles. The first kappa shape index (κ1) is 15.0. The Bertz CT molecular complexity index is 1050. The number of methoxy groups -OCH3 is 1. The van der Waals surface area contributed by atoms with Gasteiger partial charge >= 0.3 is 0 Å². The second-order valence-corrected chi connectivity index (χ2v) is 5.18. The van der Waals surface area contributed by atoms with Gasteiger partial charge in [-0.3, -0.25) is 0 Å². The van der Waals surface area contributed by atoms with Gasteiger partial charge in [-0.1, -0.05) is 6.07 Å². The molecule has 0 radical (unpaired) electrons. The molecule has 0 saturated carbocycles. The average molecular weight is 336 g/mol. The van der Waals surface area contributed by atoms with Gasteiger partial charge in [0.25, 0.3) is 0 Å². The Morgan fingerprint density at radius 1 is 1.12 bits per heavy atom. The molecule has 0 aliphatic rings. The normalized spacial score (nSPS) is 10.8. The van der Waals surface area contributed by atoms with Crippen molar-refractivity contribution in [1.82, 2.24) is 24.6 Å². The lowest BCUT2D eigenvalue weighted by atomic mass is 10.3. The molecule has 0 spiro atoms. The first-order valence-corrected chi connectivity index (χ1v) is 7.48. The molecule has 7 nitrogen and oxygen atoms in total. The fourth-order valence-corrected chi connectivity index (χ4v) is 2.41. The van der Waals surface area contributed by atoms with Crippen molar-refractivity contribution >= 4 is 17.0 Å². The number of nitrogens with zero attached hydrogens (tertiary/aromatic N) is 5. The van der Waals surface area contributed by atoms with Crippen molar-refractivity contribution < 1.29 is 9.13 Å². The highest BCUT2D eigenvalue weighted by atomic mass is 19.1. The number of pyridine rings is 2. The summed E-state index contributed by atoms with van der Waals surface area (Å²) in [7, 11) is 1.55. The average Bonchev–Trinajstić information content (AvgIpc) is 3.11. The Kier molecular flexibility index (Phi) is 3.70. The highest BCUT2D eigenvalue weighted by Crippen LogP contribution is 2.23. The second-order valence-electron chi connectivity index (χ2n) is 5.18. The third kappa shape index (κ3) is 2.97. The fourth-order valence-electron chi connectivity index (χ4n) is 2.41. The summed E-state index contributed by atoms with van der Waals surface area (Å²) in [6.07, 6.45) is 3.19. The Hall–Kier alpha value is -3.55. The van der Waals surface area contributed by atoms with E-state index in [9.17, 15) is 4.39 Å². The number of ether oxygens (including phenoxy) is 1. The standard InChI is InChI=1S/C17H13FN6O/c1-25-15-6-2-4-12(21-15)16-22-17(13-5-3-9-24(13)23-16)20-11-7-8-19-14(18)10-11/h2-10H,1H3,(H,19,20,22,23). The largest absolute Gasteiger partial charge is 0.481 e. The number of anilines is 2. The van der Waals surface area contributed by atoms with Crippen LogP contribution in [-0.4, -0.2) is 31.7 Å². The van der Waals surface area contributed by atoms with Gasteiger partial charge in [0.1, 0.15) is 11.2 Å². The Morgan fingerprint density at radius 3 is 2.88 bits per heavy atom. The number of hydrogen-bond acceptors (Lipinski definition) is 6. The molecule has 0 aliphatic carbocycles. The number of aromatic nitrogens is 5. The number of hydrogen-bond donors (Lipinski definition) is 1. The van der Waals surface area contributed by atoms with Crippen LogP contribution in [0, 0.1) is 5.95 Å². The molecule has 0 amide bonds. The van der Waals surface area contributed by atoms with Crippen molar-refractivity contribution in [2.45, 2.75) is 0 Å². The Morgan fingerprint density at radius 2 is 2.04 bits per heavy atom. The van der Waals surface area contributed by atoms with Gasteiger partial charge in [0.2, 0.25) is 17.7 Å². The van der Waals surface area contributed by atoms with Gasteiger partial charge in [0, 0.05) is 30.2 Å². The van der Waals surface area contributed by atoms with Crippen LogP contribution in [-0.2, 0) is 0 Å². The third-order valence-corrected chi connectivity index (χ3v) is 3.54. The molecule has 0 aliphatic heterocycles. The molecule has 4 rings (SSSR count). The predicted molar refractivity (Wildman–Crippen MR) is 90.2 cm³/mol. The van der Waals surface area contributed by atoms with E-state index in [0.717, 1.165) is 5.52 Å². The number of rotatable bonds is 4. The lowest BCUT2D eigenvalue weighted by Crippen LogP contribution is -2.04. The second kappa shape index (κ2) is 6.16. The zero-order valence-corrected chi connectivity index (χ0v) is 13.2. The third-order valence-electron chi connectivity index (χ3n) is 3.54. The summed E-state index contributed by atoms with van der Waals surface area (Å²) in [5, 5.41) is 7.56. The SMILES string of the molecule is COc1cccc(-c2nc(Nc3ccnc(F)c3)c3cccn3n2)n1. The van der Waals surface area contributed by atoms with Crippen molar-refractivity contribution in [3.8, 4) is 17.4 Å². The van der Waals surface area contributed by atoms with Crippen LogP contribution in [0.5, 0.6) is 5.88 Å². The van der Waals surface area contributed by atoms with Crippen molar-refractivity contribution in [1.29, 1.82) is 0 Å². The van der Waals surface area contributed by atoms with Crippen LogP contribution in [0.2, 0.25) is 0 Å². The molecule has 0 bridgehead atoms. The summed E-state index contributed by atoms with van der Waals surface area (Å²) in [6, 6.07) is 12.0. The smallest absolute Gasteiger partial charge is 0.214 e. The van der Waals surface area contributed by atoms with E-state index < -0.39 is 5.95 Å². The van der Waals surface area contributed by atoms with Crippen LogP contribution >= 0.6 is 0 Å². The summed E-state index contributed by atoms with van der Waals surface area (Å²) >= 11 is 0. The molecule has 0 unspecified atom stereocenters. The predicted octanol–water partition coefficient (Wildman–Crippen LogP) is 3.08. The lowest BCUT2D eigenvalue weighted by molar-refractivity contribution is 0.398. The van der Waals surface area contributed by atoms with Crippen LogP contribution in [0.25, 0.3) is 17.0 Å². The minimum absolute atomic E-state index is 0.416. The minimum Gasteiger partial charge on any atom is -0.481 e. The van der Waals surface area contributed by atoms with Gasteiger partial charge in [-0.2, -0.15) is 4.39 Å². The maximum absolute atomic E-state index is 13.3. The molecule has 124 valence electrons. The monoisotopic (exact) mass is 336 g/mol. The molecule has 0 atom stereocenters. The molecule has 4 aromatic rings. The van der Waals surface area contributed by atoms with Crippen LogP contribution < -0.4 is 10.1 Å². The van der Waals surface area contributed by atoms with Crippen LogP contribution in [0.1, 0.15) is 0 Å². The van der Waals surface area contributed by atoms with E-state index >= 15 is 0 Å². The number of nitrogens with one attached hydrogen (secondary N) is 1. The van der Waals surface area contributed by atoms with Gasteiger partial charge < -0.3 is 10.1 Å². The van der Waals surface area contributed by atoms with E-state index in [-0.39, 0.29) is 0 Å². The van der Waals surface area contributed by atoms with Gasteiger partial charge in [0.15, 0.2) is 5.82 Å². The van der Waals surface area contributed by atoms with E-state index in [1.165, 1.54) is 12.3 Å². The summed E-state index contributed by atoms with van der Waals surface area (Å²) in [5.41, 5.74) is 1.86. The Labute approximate surface area is 142 Å². The Balaban J connectivity index is 1.82. The molecule has 1 N–H and O–H groups in total. The minimum atomic E-state index is -0.569. The van der Waals surface area contributed by atoms with Crippen molar-refractivity contribution in [2.75, 3.05) is 12.4 Å². The quantitative estimate of drug-likeness (QED) is 0.577. The first-order valence-electron chi connectivity index (χ1n) is 7.48. The molecular formula is C17H13FN6O. The summed E-state index contributed by atoms with van der Waals surface area (Å²) in [5.74, 6) is 0.851. The first-order chi connectivity index (χ1) is 12.2. The molecule has 0 fully saturated rings. The maximum Gasteiger partial charge on any atom is 0.214 e. The van der Waals surface area contributed by atoms with E-state index in [4.69, 9.17) is 4.74 Å². The number of fused-ring (bicyclic) bond motifs is 1. The van der Waals surface area contributed by atoms with Crippen molar-refractivity contribution in [2.24, 2.45) is 0 Å². The molecule has 25 heavy (non-hydrogen) atoms.